The van der Waals surface area contributed by atoms with Crippen LogP contribution in [0.3, 0.4) is 0 Å². The molecule has 2 amide bonds. The van der Waals surface area contributed by atoms with Crippen LogP contribution in [0.1, 0.15) is 63.0 Å². The Labute approximate surface area is 433 Å². The average Bonchev–Trinajstić information content (AvgIpc) is 3.84. The molecule has 3 aromatic heterocycles. The summed E-state index contributed by atoms with van der Waals surface area (Å²) in [5.41, 5.74) is 7.59. The van der Waals surface area contributed by atoms with E-state index in [2.05, 4.69) is 64.2 Å². The maximum atomic E-state index is 13.6. The van der Waals surface area contributed by atoms with Crippen molar-refractivity contribution in [2.45, 2.75) is 69.4 Å². The van der Waals surface area contributed by atoms with E-state index in [4.69, 9.17) is 26.3 Å². The summed E-state index contributed by atoms with van der Waals surface area (Å²) in [6.45, 7) is 11.0. The van der Waals surface area contributed by atoms with Crippen LogP contribution in [0.15, 0.2) is 97.5 Å². The first-order valence-electron chi connectivity index (χ1n) is 25.6. The zero-order valence-electron chi connectivity index (χ0n) is 42.2. The van der Waals surface area contributed by atoms with E-state index in [0.29, 0.717) is 75.8 Å². The molecule has 0 radical (unpaired) electrons. The van der Waals surface area contributed by atoms with Crippen molar-refractivity contribution in [1.82, 2.24) is 39.8 Å². The second-order valence-electron chi connectivity index (χ2n) is 20.4. The number of methoxy groups -OCH3 is 1. The van der Waals surface area contributed by atoms with E-state index in [-0.39, 0.29) is 11.8 Å². The van der Waals surface area contributed by atoms with Crippen molar-refractivity contribution >= 4 is 70.5 Å². The number of imide groups is 1. The summed E-state index contributed by atoms with van der Waals surface area (Å²) < 4.78 is 21.5. The molecule has 7 heterocycles. The molecule has 4 aliphatic heterocycles. The summed E-state index contributed by atoms with van der Waals surface area (Å²) >= 11 is 6.72. The Morgan fingerprint density at radius 3 is 2.29 bits per heavy atom. The van der Waals surface area contributed by atoms with Gasteiger partial charge in [0, 0.05) is 85.1 Å². The maximum Gasteiger partial charge on any atom is 0.249 e. The number of nitrogens with one attached hydrogen (secondary N) is 4. The van der Waals surface area contributed by atoms with Gasteiger partial charge in [-0.05, 0) is 132 Å². The molecule has 4 fully saturated rings. The van der Waals surface area contributed by atoms with Gasteiger partial charge in [0.05, 0.1) is 30.9 Å². The number of rotatable bonds is 15. The molecule has 4 saturated heterocycles. The number of anilines is 6. The molecular weight excluding hydrogens is 959 g/mol. The lowest BCUT2D eigenvalue weighted by atomic mass is 9.90. The van der Waals surface area contributed by atoms with Gasteiger partial charge >= 0.3 is 0 Å². The van der Waals surface area contributed by atoms with E-state index in [1.54, 1.807) is 26.6 Å². The van der Waals surface area contributed by atoms with Gasteiger partial charge in [-0.1, -0.05) is 54.1 Å². The number of benzene rings is 3. The zero-order chi connectivity index (χ0) is 50.6. The largest absolute Gasteiger partial charge is 0.494 e. The zero-order valence-corrected chi connectivity index (χ0v) is 43.8. The van der Waals surface area contributed by atoms with Crippen LogP contribution in [-0.2, 0) is 21.2 Å². The minimum atomic E-state index is -2.73. The number of hydrogen-bond donors (Lipinski definition) is 4. The van der Waals surface area contributed by atoms with Crippen molar-refractivity contribution in [3.05, 3.63) is 108 Å². The molecule has 1 atom stereocenters. The van der Waals surface area contributed by atoms with E-state index < -0.39 is 13.2 Å². The lowest BCUT2D eigenvalue weighted by Crippen LogP contribution is -2.49. The summed E-state index contributed by atoms with van der Waals surface area (Å²) in [6.07, 6.45) is 13.1. The van der Waals surface area contributed by atoms with Gasteiger partial charge < -0.3 is 40.0 Å². The molecule has 4 aliphatic rings. The fraction of sp³-hybridized carbons (Fsp3) is 0.418. The SMILES string of the molecule is COc1cc(N2CCC(N3CCC(CN4CCC(c5cccc(NC6CCC(=O)NC6=O)n5)CC4)CC3)CC2)c(-c2cnn(C)c2)cc1Nc1ncc(Cl)c(Nc2ccc(-c3ccccc3)cc2P(C)(C)=O)n1. The molecule has 0 bridgehead atoms. The molecular formula is C55H66ClN12O4P. The fourth-order valence-corrected chi connectivity index (χ4v) is 12.4. The molecule has 0 saturated carbocycles. The van der Waals surface area contributed by atoms with Crippen molar-refractivity contribution < 1.29 is 18.9 Å². The van der Waals surface area contributed by atoms with Crippen LogP contribution >= 0.6 is 18.7 Å². The lowest BCUT2D eigenvalue weighted by molar-refractivity contribution is -0.133. The average molecular weight is 1030 g/mol. The normalized spacial score (nSPS) is 18.9. The monoisotopic (exact) mass is 1020 g/mol. The number of nitrogens with zero attached hydrogens (tertiary/aromatic N) is 8. The van der Waals surface area contributed by atoms with Gasteiger partial charge in [0.1, 0.15) is 29.8 Å². The number of ether oxygens (including phenoxy) is 1. The first-order valence-corrected chi connectivity index (χ1v) is 28.6. The summed E-state index contributed by atoms with van der Waals surface area (Å²) in [4.78, 5) is 46.1. The van der Waals surface area contributed by atoms with Gasteiger partial charge in [-0.2, -0.15) is 10.1 Å². The Morgan fingerprint density at radius 2 is 1.58 bits per heavy atom. The van der Waals surface area contributed by atoms with Gasteiger partial charge in [0.25, 0.3) is 0 Å². The maximum absolute atomic E-state index is 13.6. The summed E-state index contributed by atoms with van der Waals surface area (Å²) in [6, 6.07) is 26.3. The standard InChI is InChI=1S/C55H66ClN12O4P/c1-65-35-40(32-58-65)42-30-47(62-55-57-33-43(56)53(64-55)61-45-14-13-39(29-50(45)73(3,4)71)37-9-6-5-7-10-37)49(72-2)31-48(42)68-27-21-41(22-28-68)67-25-17-36(18-26-67)34-66-23-19-38(20-24-66)44-11-8-12-51(59-44)60-46-15-16-52(69)63-54(46)70/h5-14,29-33,35-36,38,41,46H,15-28,34H2,1-4H3,(H,59,60)(H,63,69,70)(H2,57,61,62,64). The van der Waals surface area contributed by atoms with Crippen molar-refractivity contribution in [2.75, 3.05) is 87.1 Å². The molecule has 1 unspecified atom stereocenters. The number of pyridine rings is 1. The Kier molecular flexibility index (Phi) is 15.2. The van der Waals surface area contributed by atoms with Crippen LogP contribution in [-0.4, -0.2) is 125 Å². The summed E-state index contributed by atoms with van der Waals surface area (Å²) in [7, 11) is 0.887. The predicted octanol–water partition coefficient (Wildman–Crippen LogP) is 9.11. The molecule has 73 heavy (non-hydrogen) atoms. The fourth-order valence-electron chi connectivity index (χ4n) is 11.1. The van der Waals surface area contributed by atoms with Crippen molar-refractivity contribution in [2.24, 2.45) is 13.0 Å². The van der Waals surface area contributed by atoms with Gasteiger partial charge in [-0.25, -0.2) is 9.97 Å². The van der Waals surface area contributed by atoms with Crippen molar-refractivity contribution in [3.8, 4) is 28.0 Å². The van der Waals surface area contributed by atoms with Crippen LogP contribution in [0.5, 0.6) is 5.75 Å². The van der Waals surface area contributed by atoms with Crippen LogP contribution < -0.4 is 36.2 Å². The Morgan fingerprint density at radius 1 is 0.795 bits per heavy atom. The third-order valence-electron chi connectivity index (χ3n) is 15.1. The van der Waals surface area contributed by atoms with Gasteiger partial charge in [0.15, 0.2) is 5.82 Å². The Balaban J connectivity index is 0.751. The van der Waals surface area contributed by atoms with E-state index in [9.17, 15) is 14.2 Å². The number of likely N-dealkylation sites (tertiary alicyclic amines) is 2. The lowest BCUT2D eigenvalue weighted by Gasteiger charge is -2.43. The molecule has 10 rings (SSSR count). The summed E-state index contributed by atoms with van der Waals surface area (Å²) in [5.74, 6) is 2.67. The summed E-state index contributed by atoms with van der Waals surface area (Å²) in [5, 5.41) is 18.0. The first-order chi connectivity index (χ1) is 35.3. The van der Waals surface area contributed by atoms with Crippen LogP contribution in [0.2, 0.25) is 5.02 Å². The highest BCUT2D eigenvalue weighted by Gasteiger charge is 2.32. The van der Waals surface area contributed by atoms with E-state index in [0.717, 1.165) is 105 Å². The third kappa shape index (κ3) is 11.9. The molecule has 0 aliphatic carbocycles. The minimum Gasteiger partial charge on any atom is -0.494 e. The second-order valence-corrected chi connectivity index (χ2v) is 24.0. The smallest absolute Gasteiger partial charge is 0.249 e. The first kappa shape index (κ1) is 50.2. The van der Waals surface area contributed by atoms with Gasteiger partial charge in [-0.3, -0.25) is 19.6 Å². The molecule has 16 nitrogen and oxygen atoms in total. The van der Waals surface area contributed by atoms with Crippen LogP contribution in [0.25, 0.3) is 22.3 Å². The number of hydrogen-bond acceptors (Lipinski definition) is 14. The number of amides is 2. The number of halogens is 1. The molecule has 3 aromatic carbocycles. The second kappa shape index (κ2) is 22.0. The minimum absolute atomic E-state index is 0.213. The Bertz CT molecular complexity index is 2980. The van der Waals surface area contributed by atoms with E-state index in [1.807, 2.05) is 84.8 Å². The quantitative estimate of drug-likeness (QED) is 0.0566. The molecule has 382 valence electrons. The topological polar surface area (TPSA) is 175 Å². The Hall–Kier alpha value is -6.32. The highest BCUT2D eigenvalue weighted by Crippen LogP contribution is 2.43. The van der Waals surface area contributed by atoms with E-state index in [1.165, 1.54) is 12.8 Å². The van der Waals surface area contributed by atoms with Crippen LogP contribution in [0.4, 0.5) is 34.6 Å². The highest BCUT2D eigenvalue weighted by molar-refractivity contribution is 7.70. The predicted molar refractivity (Wildman–Crippen MR) is 292 cm³/mol. The number of carbonyl (C=O) groups excluding carboxylic acids is 2. The number of carbonyl (C=O) groups is 2. The molecule has 18 heteroatoms. The van der Waals surface area contributed by atoms with Crippen molar-refractivity contribution in [3.63, 3.8) is 0 Å². The van der Waals surface area contributed by atoms with E-state index >= 15 is 0 Å². The number of aryl methyl sites for hydroxylation is 1. The van der Waals surface area contributed by atoms with Crippen LogP contribution in [0, 0.1) is 5.92 Å². The highest BCUT2D eigenvalue weighted by atomic mass is 35.5. The number of piperidine rings is 4. The molecule has 4 N–H and O–H groups in total. The number of aromatic nitrogens is 5. The molecule has 0 spiro atoms. The molecule has 6 aromatic rings. The van der Waals surface area contributed by atoms with Crippen molar-refractivity contribution in [1.29, 1.82) is 0 Å². The van der Waals surface area contributed by atoms with Gasteiger partial charge in [-0.15, -0.1) is 0 Å². The van der Waals surface area contributed by atoms with Gasteiger partial charge in [0.2, 0.25) is 17.8 Å². The third-order valence-corrected chi connectivity index (χ3v) is 16.9.